The van der Waals surface area contributed by atoms with E-state index in [2.05, 4.69) is 5.32 Å². The summed E-state index contributed by atoms with van der Waals surface area (Å²) in [6.45, 7) is 7.97. The molecule has 1 N–H and O–H groups in total. The van der Waals surface area contributed by atoms with Crippen molar-refractivity contribution in [3.63, 3.8) is 0 Å². The second kappa shape index (κ2) is 7.32. The second-order valence-electron chi connectivity index (χ2n) is 8.37. The molecule has 1 aromatic carbocycles. The van der Waals surface area contributed by atoms with Crippen molar-refractivity contribution < 1.29 is 13.9 Å². The highest BCUT2D eigenvalue weighted by Crippen LogP contribution is 2.35. The monoisotopic (exact) mass is 348 g/mol. The van der Waals surface area contributed by atoms with Crippen molar-refractivity contribution in [3.05, 3.63) is 35.6 Å². The van der Waals surface area contributed by atoms with Crippen LogP contribution in [0.15, 0.2) is 24.3 Å². The Balaban J connectivity index is 1.60. The molecule has 0 spiro atoms. The molecule has 1 aliphatic carbocycles. The summed E-state index contributed by atoms with van der Waals surface area (Å²) < 4.78 is 18.6. The van der Waals surface area contributed by atoms with Gasteiger partial charge in [0, 0.05) is 25.7 Å². The molecule has 2 atom stereocenters. The van der Waals surface area contributed by atoms with E-state index in [9.17, 15) is 9.18 Å². The lowest BCUT2D eigenvalue weighted by atomic mass is 9.73. The quantitative estimate of drug-likeness (QED) is 0.899. The van der Waals surface area contributed by atoms with Crippen molar-refractivity contribution in [2.45, 2.75) is 58.2 Å². The van der Waals surface area contributed by atoms with Crippen LogP contribution in [0.1, 0.15) is 45.6 Å². The van der Waals surface area contributed by atoms with Gasteiger partial charge in [-0.05, 0) is 63.1 Å². The molecule has 1 saturated carbocycles. The molecule has 1 amide bonds. The zero-order valence-corrected chi connectivity index (χ0v) is 15.4. The maximum Gasteiger partial charge on any atom is 0.410 e. The fraction of sp³-hybridized carbons (Fsp3) is 0.650. The molecule has 2 fully saturated rings. The van der Waals surface area contributed by atoms with Crippen molar-refractivity contribution in [2.24, 2.45) is 11.8 Å². The summed E-state index contributed by atoms with van der Waals surface area (Å²) >= 11 is 0. The van der Waals surface area contributed by atoms with E-state index < -0.39 is 5.60 Å². The van der Waals surface area contributed by atoms with Gasteiger partial charge in [0.15, 0.2) is 0 Å². The minimum atomic E-state index is -0.454. The Hall–Kier alpha value is -1.62. The molecule has 0 radical (unpaired) electrons. The van der Waals surface area contributed by atoms with Gasteiger partial charge in [0.2, 0.25) is 0 Å². The number of amides is 1. The summed E-state index contributed by atoms with van der Waals surface area (Å²) in [6.07, 6.45) is 3.31. The van der Waals surface area contributed by atoms with Gasteiger partial charge >= 0.3 is 6.09 Å². The predicted molar refractivity (Wildman–Crippen MR) is 95.7 cm³/mol. The fourth-order valence-electron chi connectivity index (χ4n) is 4.08. The van der Waals surface area contributed by atoms with E-state index in [1.54, 1.807) is 0 Å². The Kier molecular flexibility index (Phi) is 5.32. The van der Waals surface area contributed by atoms with Crippen molar-refractivity contribution in [3.8, 4) is 0 Å². The number of hydrogen-bond acceptors (Lipinski definition) is 3. The Morgan fingerprint density at radius 1 is 1.20 bits per heavy atom. The van der Waals surface area contributed by atoms with Gasteiger partial charge in [-0.1, -0.05) is 18.6 Å². The lowest BCUT2D eigenvalue weighted by Crippen LogP contribution is -2.58. The predicted octanol–water partition coefficient (Wildman–Crippen LogP) is 3.95. The van der Waals surface area contributed by atoms with Gasteiger partial charge in [-0.15, -0.1) is 0 Å². The number of rotatable bonds is 3. The van der Waals surface area contributed by atoms with Gasteiger partial charge in [0.05, 0.1) is 0 Å². The first-order valence-electron chi connectivity index (χ1n) is 9.27. The molecule has 4 nitrogen and oxygen atoms in total. The highest BCUT2D eigenvalue weighted by atomic mass is 19.1. The van der Waals surface area contributed by atoms with Crippen LogP contribution in [0, 0.1) is 17.7 Å². The standard InChI is InChI=1S/C20H29FN2O2/c1-20(2,3)25-19(24)23-12-15-5-4-6-16(13-23)18(15)22-11-14-7-9-17(21)10-8-14/h7-10,15-16,18,22H,4-6,11-13H2,1-3H3. The largest absolute Gasteiger partial charge is 0.444 e. The molecular weight excluding hydrogens is 319 g/mol. The van der Waals surface area contributed by atoms with E-state index in [0.717, 1.165) is 38.0 Å². The summed E-state index contributed by atoms with van der Waals surface area (Å²) in [7, 11) is 0. The number of nitrogens with one attached hydrogen (secondary N) is 1. The number of carbonyl (C=O) groups is 1. The molecule has 1 saturated heterocycles. The van der Waals surface area contributed by atoms with E-state index in [0.29, 0.717) is 17.9 Å². The smallest absolute Gasteiger partial charge is 0.410 e. The number of likely N-dealkylation sites (tertiary alicyclic amines) is 1. The Morgan fingerprint density at radius 3 is 2.36 bits per heavy atom. The molecule has 5 heteroatoms. The van der Waals surface area contributed by atoms with Crippen LogP contribution in [0.25, 0.3) is 0 Å². The maximum atomic E-state index is 13.0. The third-order valence-electron chi connectivity index (χ3n) is 5.18. The lowest BCUT2D eigenvalue weighted by molar-refractivity contribution is -0.00643. The van der Waals surface area contributed by atoms with Gasteiger partial charge in [-0.25, -0.2) is 9.18 Å². The van der Waals surface area contributed by atoms with E-state index in [4.69, 9.17) is 4.74 Å². The minimum absolute atomic E-state index is 0.193. The third-order valence-corrected chi connectivity index (χ3v) is 5.18. The zero-order valence-electron chi connectivity index (χ0n) is 15.4. The molecule has 2 unspecified atom stereocenters. The number of carbonyl (C=O) groups excluding carboxylic acids is 1. The van der Waals surface area contributed by atoms with Crippen LogP contribution in [-0.4, -0.2) is 35.7 Å². The molecule has 2 aliphatic rings. The summed E-state index contributed by atoms with van der Waals surface area (Å²) in [6, 6.07) is 7.07. The van der Waals surface area contributed by atoms with E-state index in [1.807, 2.05) is 37.8 Å². The van der Waals surface area contributed by atoms with Crippen LogP contribution in [0.3, 0.4) is 0 Å². The van der Waals surface area contributed by atoms with Crippen LogP contribution >= 0.6 is 0 Å². The molecule has 0 aromatic heterocycles. The normalized spacial score (nSPS) is 26.4. The molecular formula is C20H29FN2O2. The van der Waals surface area contributed by atoms with Gasteiger partial charge in [-0.3, -0.25) is 0 Å². The average Bonchev–Trinajstić information content (AvgIpc) is 2.52. The molecule has 1 heterocycles. The fourth-order valence-corrected chi connectivity index (χ4v) is 4.08. The van der Waals surface area contributed by atoms with Crippen LogP contribution in [0.4, 0.5) is 9.18 Å². The van der Waals surface area contributed by atoms with E-state index in [-0.39, 0.29) is 11.9 Å². The number of ether oxygens (including phenoxy) is 1. The van der Waals surface area contributed by atoms with Crippen molar-refractivity contribution in [1.82, 2.24) is 10.2 Å². The topological polar surface area (TPSA) is 41.6 Å². The minimum Gasteiger partial charge on any atom is -0.444 e. The number of fused-ring (bicyclic) bond motifs is 2. The van der Waals surface area contributed by atoms with Crippen LogP contribution in [0.2, 0.25) is 0 Å². The molecule has 1 aliphatic heterocycles. The van der Waals surface area contributed by atoms with E-state index in [1.165, 1.54) is 18.6 Å². The van der Waals surface area contributed by atoms with Crippen molar-refractivity contribution in [2.75, 3.05) is 13.1 Å². The molecule has 138 valence electrons. The van der Waals surface area contributed by atoms with Gasteiger partial charge in [0.1, 0.15) is 11.4 Å². The molecule has 3 rings (SSSR count). The highest BCUT2D eigenvalue weighted by molar-refractivity contribution is 5.68. The first kappa shape index (κ1) is 18.2. The van der Waals surface area contributed by atoms with Crippen molar-refractivity contribution >= 4 is 6.09 Å². The summed E-state index contributed by atoms with van der Waals surface area (Å²) in [5.41, 5.74) is 0.637. The first-order chi connectivity index (χ1) is 11.8. The highest BCUT2D eigenvalue weighted by Gasteiger charge is 2.41. The van der Waals surface area contributed by atoms with Gasteiger partial charge < -0.3 is 15.0 Å². The lowest BCUT2D eigenvalue weighted by Gasteiger charge is -2.47. The summed E-state index contributed by atoms with van der Waals surface area (Å²) in [5, 5.41) is 3.67. The maximum absolute atomic E-state index is 13.0. The number of nitrogens with zero attached hydrogens (tertiary/aromatic N) is 1. The summed E-state index contributed by atoms with van der Waals surface area (Å²) in [5.74, 6) is 0.715. The Bertz CT molecular complexity index is 583. The number of piperidine rings is 1. The summed E-state index contributed by atoms with van der Waals surface area (Å²) in [4.78, 5) is 14.3. The van der Waals surface area contributed by atoms with Crippen LogP contribution < -0.4 is 5.32 Å². The molecule has 1 aromatic rings. The SMILES string of the molecule is CC(C)(C)OC(=O)N1CC2CCCC(C1)C2NCc1ccc(F)cc1. The van der Waals surface area contributed by atoms with Crippen LogP contribution in [-0.2, 0) is 11.3 Å². The van der Waals surface area contributed by atoms with Crippen molar-refractivity contribution in [1.29, 1.82) is 0 Å². The zero-order chi connectivity index (χ0) is 18.0. The first-order valence-corrected chi connectivity index (χ1v) is 9.27. The van der Waals surface area contributed by atoms with Crippen LogP contribution in [0.5, 0.6) is 0 Å². The van der Waals surface area contributed by atoms with E-state index >= 15 is 0 Å². The molecule has 25 heavy (non-hydrogen) atoms. The molecule has 2 bridgehead atoms. The Labute approximate surface area is 149 Å². The average molecular weight is 348 g/mol. The van der Waals surface area contributed by atoms with Gasteiger partial charge in [-0.2, -0.15) is 0 Å². The Morgan fingerprint density at radius 2 is 1.80 bits per heavy atom. The number of halogens is 1. The second-order valence-corrected chi connectivity index (χ2v) is 8.37. The van der Waals surface area contributed by atoms with Gasteiger partial charge in [0.25, 0.3) is 0 Å². The number of benzene rings is 1. The third kappa shape index (κ3) is 4.72. The number of hydrogen-bond donors (Lipinski definition) is 1.